The Hall–Kier alpha value is -1.35. The molecule has 0 bridgehead atoms. The quantitative estimate of drug-likeness (QED) is 0.843. The lowest BCUT2D eigenvalue weighted by molar-refractivity contribution is -0.134. The van der Waals surface area contributed by atoms with Gasteiger partial charge in [-0.2, -0.15) is 0 Å². The van der Waals surface area contributed by atoms with E-state index < -0.39 is 0 Å². The Morgan fingerprint density at radius 1 is 1.68 bits per heavy atom. The third kappa shape index (κ3) is 3.80. The molecule has 1 aromatic rings. The first-order valence-electron chi connectivity index (χ1n) is 6.20. The second-order valence-electron chi connectivity index (χ2n) is 4.52. The number of rotatable bonds is 3. The summed E-state index contributed by atoms with van der Waals surface area (Å²) in [5, 5.41) is 10.6. The smallest absolute Gasteiger partial charge is 0.228 e. The summed E-state index contributed by atoms with van der Waals surface area (Å²) >= 11 is 1.58. The van der Waals surface area contributed by atoms with Gasteiger partial charge in [-0.3, -0.25) is 4.79 Å². The van der Waals surface area contributed by atoms with Gasteiger partial charge in [-0.25, -0.2) is 0 Å². The first kappa shape index (κ1) is 14.1. The van der Waals surface area contributed by atoms with Crippen LogP contribution < -0.4 is 0 Å². The summed E-state index contributed by atoms with van der Waals surface area (Å²) in [5.74, 6) is 5.63. The van der Waals surface area contributed by atoms with Crippen LogP contribution in [0.3, 0.4) is 0 Å². The fraction of sp³-hybridized carbons (Fsp3) is 0.500. The summed E-state index contributed by atoms with van der Waals surface area (Å²) in [6.07, 6.45) is 0.820. The predicted octanol–water partition coefficient (Wildman–Crippen LogP) is 1.09. The van der Waals surface area contributed by atoms with Crippen LogP contribution in [0.15, 0.2) is 11.4 Å². The normalized spacial score (nSPS) is 17.9. The summed E-state index contributed by atoms with van der Waals surface area (Å²) in [6.45, 7) is 1.69. The largest absolute Gasteiger partial charge is 0.384 e. The van der Waals surface area contributed by atoms with Crippen molar-refractivity contribution in [3.63, 3.8) is 0 Å². The fourth-order valence-electron chi connectivity index (χ4n) is 2.02. The molecule has 1 atom stereocenters. The minimum absolute atomic E-state index is 0.0126. The molecule has 1 unspecified atom stereocenters. The molecule has 1 aliphatic rings. The van der Waals surface area contributed by atoms with Crippen molar-refractivity contribution in [2.45, 2.75) is 13.0 Å². The molecule has 1 fully saturated rings. The van der Waals surface area contributed by atoms with Gasteiger partial charge in [0.2, 0.25) is 5.91 Å². The highest BCUT2D eigenvalue weighted by atomic mass is 32.1. The van der Waals surface area contributed by atoms with Crippen LogP contribution in [0.5, 0.6) is 0 Å². The molecule has 5 heteroatoms. The number of aliphatic hydroxyl groups excluding tert-OH is 1. The highest BCUT2D eigenvalue weighted by Gasteiger charge is 2.26. The van der Waals surface area contributed by atoms with Crippen LogP contribution in [0.1, 0.15) is 16.9 Å². The number of hydrogen-bond donors (Lipinski definition) is 1. The summed E-state index contributed by atoms with van der Waals surface area (Å²) in [5.41, 5.74) is 0.888. The van der Waals surface area contributed by atoms with E-state index in [2.05, 4.69) is 11.8 Å². The third-order valence-corrected chi connectivity index (χ3v) is 3.94. The molecule has 0 aromatic carbocycles. The number of aliphatic hydroxyl groups is 1. The average molecular weight is 279 g/mol. The maximum absolute atomic E-state index is 12.1. The molecule has 102 valence electrons. The van der Waals surface area contributed by atoms with E-state index >= 15 is 0 Å². The highest BCUT2D eigenvalue weighted by molar-refractivity contribution is 7.10. The molecule has 2 rings (SSSR count). The molecule has 0 saturated carbocycles. The number of ether oxygens (including phenoxy) is 1. The Bertz CT molecular complexity index is 494. The summed E-state index contributed by atoms with van der Waals surface area (Å²) in [6, 6.07) is 1.96. The monoisotopic (exact) mass is 279 g/mol. The summed E-state index contributed by atoms with van der Waals surface area (Å²) in [7, 11) is 1.82. The zero-order valence-electron chi connectivity index (χ0n) is 10.9. The van der Waals surface area contributed by atoms with Gasteiger partial charge in [-0.05, 0) is 12.5 Å². The number of carbonyl (C=O) groups is 1. The average Bonchev–Trinajstić information content (AvgIpc) is 3.06. The summed E-state index contributed by atoms with van der Waals surface area (Å²) < 4.78 is 5.24. The van der Waals surface area contributed by atoms with Crippen molar-refractivity contribution in [1.82, 2.24) is 4.90 Å². The zero-order valence-corrected chi connectivity index (χ0v) is 11.7. The van der Waals surface area contributed by atoms with Crippen LogP contribution in [0, 0.1) is 17.8 Å². The fourth-order valence-corrected chi connectivity index (χ4v) is 2.89. The van der Waals surface area contributed by atoms with Crippen LogP contribution in [-0.4, -0.2) is 42.8 Å². The van der Waals surface area contributed by atoms with Gasteiger partial charge >= 0.3 is 0 Å². The van der Waals surface area contributed by atoms with Gasteiger partial charge < -0.3 is 14.7 Å². The maximum Gasteiger partial charge on any atom is 0.228 e. The summed E-state index contributed by atoms with van der Waals surface area (Å²) in [4.78, 5) is 15.0. The molecule has 1 aliphatic heterocycles. The SMILES string of the molecule is CN(Cc1cc(C#CCO)cs1)C(=O)C1CCOC1. The lowest BCUT2D eigenvalue weighted by atomic mass is 10.1. The van der Waals surface area contributed by atoms with E-state index in [1.165, 1.54) is 0 Å². The molecule has 0 spiro atoms. The molecule has 1 saturated heterocycles. The van der Waals surface area contributed by atoms with Gasteiger partial charge in [0.05, 0.1) is 19.1 Å². The number of amides is 1. The lowest BCUT2D eigenvalue weighted by Gasteiger charge is -2.19. The molecule has 4 nitrogen and oxygen atoms in total. The minimum Gasteiger partial charge on any atom is -0.384 e. The number of carbonyl (C=O) groups excluding carboxylic acids is 1. The van der Waals surface area contributed by atoms with Crippen molar-refractivity contribution in [2.24, 2.45) is 5.92 Å². The molecule has 1 aromatic heterocycles. The highest BCUT2D eigenvalue weighted by Crippen LogP contribution is 2.19. The van der Waals surface area contributed by atoms with Gasteiger partial charge in [-0.1, -0.05) is 11.8 Å². The van der Waals surface area contributed by atoms with Gasteiger partial charge in [0.1, 0.15) is 6.61 Å². The van der Waals surface area contributed by atoms with E-state index in [-0.39, 0.29) is 18.4 Å². The van der Waals surface area contributed by atoms with E-state index in [9.17, 15) is 4.79 Å². The second-order valence-corrected chi connectivity index (χ2v) is 5.51. The molecule has 1 amide bonds. The van der Waals surface area contributed by atoms with Gasteiger partial charge in [-0.15, -0.1) is 11.3 Å². The van der Waals surface area contributed by atoms with E-state index in [0.717, 1.165) is 16.9 Å². The van der Waals surface area contributed by atoms with Crippen LogP contribution in [0.25, 0.3) is 0 Å². The first-order chi connectivity index (χ1) is 9.20. The Morgan fingerprint density at radius 2 is 2.53 bits per heavy atom. The molecule has 1 N–H and O–H groups in total. The first-order valence-corrected chi connectivity index (χ1v) is 7.08. The Kier molecular flexibility index (Phi) is 4.97. The Morgan fingerprint density at radius 3 is 3.21 bits per heavy atom. The Balaban J connectivity index is 1.92. The van der Waals surface area contributed by atoms with Crippen molar-refractivity contribution < 1.29 is 14.6 Å². The van der Waals surface area contributed by atoms with Crippen LogP contribution in [0.2, 0.25) is 0 Å². The predicted molar refractivity (Wildman–Crippen MR) is 73.7 cm³/mol. The molecular formula is C14H17NO3S. The third-order valence-electron chi connectivity index (χ3n) is 3.01. The van der Waals surface area contributed by atoms with Crippen molar-refractivity contribution in [1.29, 1.82) is 0 Å². The van der Waals surface area contributed by atoms with E-state index in [1.807, 2.05) is 18.5 Å². The molecule has 0 radical (unpaired) electrons. The molecule has 19 heavy (non-hydrogen) atoms. The molecule has 0 aliphatic carbocycles. The zero-order chi connectivity index (χ0) is 13.7. The van der Waals surface area contributed by atoms with Crippen molar-refractivity contribution in [3.8, 4) is 11.8 Å². The lowest BCUT2D eigenvalue weighted by Crippen LogP contribution is -2.32. The van der Waals surface area contributed by atoms with Gasteiger partial charge in [0.25, 0.3) is 0 Å². The van der Waals surface area contributed by atoms with Crippen molar-refractivity contribution in [2.75, 3.05) is 26.9 Å². The van der Waals surface area contributed by atoms with E-state index in [4.69, 9.17) is 9.84 Å². The van der Waals surface area contributed by atoms with Gasteiger partial charge in [0, 0.05) is 29.5 Å². The van der Waals surface area contributed by atoms with E-state index in [0.29, 0.717) is 19.8 Å². The Labute approximate surface area is 117 Å². The van der Waals surface area contributed by atoms with Gasteiger partial charge in [0.15, 0.2) is 0 Å². The van der Waals surface area contributed by atoms with Crippen LogP contribution >= 0.6 is 11.3 Å². The van der Waals surface area contributed by atoms with Crippen LogP contribution in [-0.2, 0) is 16.1 Å². The number of thiophene rings is 1. The second kappa shape index (κ2) is 6.71. The minimum atomic E-state index is -0.134. The van der Waals surface area contributed by atoms with Crippen LogP contribution in [0.4, 0.5) is 0 Å². The number of hydrogen-bond acceptors (Lipinski definition) is 4. The molecule has 2 heterocycles. The molecular weight excluding hydrogens is 262 g/mol. The number of nitrogens with zero attached hydrogens (tertiary/aromatic N) is 1. The van der Waals surface area contributed by atoms with Crippen molar-refractivity contribution >= 4 is 17.2 Å². The maximum atomic E-state index is 12.1. The van der Waals surface area contributed by atoms with Crippen molar-refractivity contribution in [3.05, 3.63) is 21.9 Å². The standard InChI is InChI=1S/C14H17NO3S/c1-15(14(17)12-4-6-18-9-12)8-13-7-11(10-19-13)3-2-5-16/h7,10,12,16H,4-6,8-9H2,1H3. The van der Waals surface area contributed by atoms with E-state index in [1.54, 1.807) is 16.2 Å². The topological polar surface area (TPSA) is 49.8 Å².